The lowest BCUT2D eigenvalue weighted by atomic mass is 10.1. The summed E-state index contributed by atoms with van der Waals surface area (Å²) >= 11 is 0. The predicted molar refractivity (Wildman–Crippen MR) is 88.9 cm³/mol. The first-order valence-electron chi connectivity index (χ1n) is 8.09. The number of likely N-dealkylation sites (tertiary alicyclic amines) is 1. The van der Waals surface area contributed by atoms with E-state index >= 15 is 0 Å². The maximum absolute atomic E-state index is 6.30. The third-order valence-corrected chi connectivity index (χ3v) is 4.20. The second-order valence-electron chi connectivity index (χ2n) is 6.49. The number of hydrogen-bond donors (Lipinski definition) is 0. The van der Waals surface area contributed by atoms with E-state index in [2.05, 4.69) is 61.2 Å². The molecular formula is C19H25NO. The molecule has 0 spiro atoms. The van der Waals surface area contributed by atoms with Crippen molar-refractivity contribution in [3.63, 3.8) is 0 Å². The summed E-state index contributed by atoms with van der Waals surface area (Å²) in [5, 5.41) is 2.48. The van der Waals surface area contributed by atoms with Crippen LogP contribution < -0.4 is 4.74 Å². The van der Waals surface area contributed by atoms with Gasteiger partial charge in [-0.3, -0.25) is 0 Å². The smallest absolute Gasteiger partial charge is 0.127 e. The van der Waals surface area contributed by atoms with Crippen LogP contribution in [0.2, 0.25) is 0 Å². The van der Waals surface area contributed by atoms with Crippen molar-refractivity contribution in [2.24, 2.45) is 5.92 Å². The largest absolute Gasteiger partial charge is 0.490 e. The van der Waals surface area contributed by atoms with Gasteiger partial charge in [-0.1, -0.05) is 50.2 Å². The Balaban J connectivity index is 1.65. The van der Waals surface area contributed by atoms with Crippen LogP contribution in [-0.4, -0.2) is 30.6 Å². The quantitative estimate of drug-likeness (QED) is 0.827. The summed E-state index contributed by atoms with van der Waals surface area (Å²) in [6.45, 7) is 8.11. The first kappa shape index (κ1) is 14.4. The topological polar surface area (TPSA) is 12.5 Å². The molecule has 0 saturated carbocycles. The molecule has 2 aromatic carbocycles. The molecule has 0 aliphatic carbocycles. The number of hydrogen-bond acceptors (Lipinski definition) is 2. The minimum Gasteiger partial charge on any atom is -0.490 e. The summed E-state index contributed by atoms with van der Waals surface area (Å²) in [6, 6.07) is 14.8. The van der Waals surface area contributed by atoms with Crippen LogP contribution in [-0.2, 0) is 0 Å². The average molecular weight is 283 g/mol. The Labute approximate surface area is 127 Å². The molecule has 0 bridgehead atoms. The molecule has 2 heteroatoms. The Kier molecular flexibility index (Phi) is 4.45. The van der Waals surface area contributed by atoms with Crippen LogP contribution in [0.15, 0.2) is 42.5 Å². The highest BCUT2D eigenvalue weighted by Crippen LogP contribution is 2.28. The van der Waals surface area contributed by atoms with Gasteiger partial charge < -0.3 is 9.64 Å². The first-order valence-corrected chi connectivity index (χ1v) is 8.09. The van der Waals surface area contributed by atoms with Crippen molar-refractivity contribution in [2.75, 3.05) is 19.6 Å². The monoisotopic (exact) mass is 283 g/mol. The molecular weight excluding hydrogens is 258 g/mol. The molecule has 0 radical (unpaired) electrons. The van der Waals surface area contributed by atoms with E-state index in [-0.39, 0.29) is 0 Å². The van der Waals surface area contributed by atoms with Crippen LogP contribution in [0.25, 0.3) is 10.8 Å². The lowest BCUT2D eigenvalue weighted by Gasteiger charge is -2.33. The van der Waals surface area contributed by atoms with Crippen molar-refractivity contribution in [1.29, 1.82) is 0 Å². The summed E-state index contributed by atoms with van der Waals surface area (Å²) in [7, 11) is 0. The van der Waals surface area contributed by atoms with E-state index in [4.69, 9.17) is 4.74 Å². The van der Waals surface area contributed by atoms with Crippen LogP contribution in [0.4, 0.5) is 0 Å². The minimum atomic E-state index is 0.360. The Bertz CT molecular complexity index is 580. The third-order valence-electron chi connectivity index (χ3n) is 4.20. The zero-order valence-corrected chi connectivity index (χ0v) is 13.1. The second-order valence-corrected chi connectivity index (χ2v) is 6.49. The third kappa shape index (κ3) is 3.56. The van der Waals surface area contributed by atoms with Gasteiger partial charge in [0.15, 0.2) is 0 Å². The first-order chi connectivity index (χ1) is 10.2. The molecule has 1 aliphatic heterocycles. The normalized spacial score (nSPS) is 17.5. The van der Waals surface area contributed by atoms with Crippen LogP contribution in [0.1, 0.15) is 26.7 Å². The summed E-state index contributed by atoms with van der Waals surface area (Å²) in [5.74, 6) is 1.79. The number of piperidine rings is 1. The lowest BCUT2D eigenvalue weighted by Crippen LogP contribution is -2.39. The molecule has 0 aromatic heterocycles. The van der Waals surface area contributed by atoms with Gasteiger partial charge in [0.2, 0.25) is 0 Å². The maximum atomic E-state index is 6.30. The summed E-state index contributed by atoms with van der Waals surface area (Å²) in [6.07, 6.45) is 2.63. The van der Waals surface area contributed by atoms with Gasteiger partial charge in [-0.25, -0.2) is 0 Å². The molecule has 112 valence electrons. The molecule has 0 N–H and O–H groups in total. The zero-order chi connectivity index (χ0) is 14.7. The number of fused-ring (bicyclic) bond motifs is 1. The van der Waals surface area contributed by atoms with E-state index < -0.39 is 0 Å². The van der Waals surface area contributed by atoms with E-state index in [1.807, 2.05) is 0 Å². The molecule has 3 rings (SSSR count). The Hall–Kier alpha value is -1.54. The van der Waals surface area contributed by atoms with E-state index in [0.717, 1.165) is 37.6 Å². The molecule has 1 aliphatic rings. The zero-order valence-electron chi connectivity index (χ0n) is 13.1. The minimum absolute atomic E-state index is 0.360. The van der Waals surface area contributed by atoms with Gasteiger partial charge in [0.1, 0.15) is 11.9 Å². The highest BCUT2D eigenvalue weighted by molar-refractivity contribution is 5.88. The van der Waals surface area contributed by atoms with Crippen molar-refractivity contribution in [3.05, 3.63) is 42.5 Å². The Morgan fingerprint density at radius 2 is 1.76 bits per heavy atom. The van der Waals surface area contributed by atoms with Crippen LogP contribution in [0, 0.1) is 5.92 Å². The van der Waals surface area contributed by atoms with Gasteiger partial charge in [-0.15, -0.1) is 0 Å². The number of ether oxygens (including phenoxy) is 1. The molecule has 1 saturated heterocycles. The van der Waals surface area contributed by atoms with Gasteiger partial charge in [0.25, 0.3) is 0 Å². The van der Waals surface area contributed by atoms with Crippen molar-refractivity contribution in [2.45, 2.75) is 32.8 Å². The van der Waals surface area contributed by atoms with Gasteiger partial charge in [-0.2, -0.15) is 0 Å². The molecule has 2 nitrogen and oxygen atoms in total. The summed E-state index contributed by atoms with van der Waals surface area (Å²) < 4.78 is 6.30. The molecule has 1 heterocycles. The van der Waals surface area contributed by atoms with Crippen molar-refractivity contribution >= 4 is 10.8 Å². The van der Waals surface area contributed by atoms with Crippen molar-refractivity contribution in [1.82, 2.24) is 4.90 Å². The fourth-order valence-corrected chi connectivity index (χ4v) is 3.20. The highest BCUT2D eigenvalue weighted by Gasteiger charge is 2.21. The lowest BCUT2D eigenvalue weighted by molar-refractivity contribution is 0.0952. The molecule has 1 fully saturated rings. The molecule has 0 unspecified atom stereocenters. The molecule has 0 atom stereocenters. The van der Waals surface area contributed by atoms with Crippen LogP contribution in [0.5, 0.6) is 5.75 Å². The number of nitrogens with zero attached hydrogens (tertiary/aromatic N) is 1. The SMILES string of the molecule is CC(C)CN1CCC(Oc2cccc3ccccc23)CC1. The summed E-state index contributed by atoms with van der Waals surface area (Å²) in [4.78, 5) is 2.56. The van der Waals surface area contributed by atoms with E-state index in [0.29, 0.717) is 6.10 Å². The maximum Gasteiger partial charge on any atom is 0.127 e. The summed E-state index contributed by atoms with van der Waals surface area (Å²) in [5.41, 5.74) is 0. The molecule has 0 amide bonds. The Morgan fingerprint density at radius 3 is 2.52 bits per heavy atom. The Morgan fingerprint density at radius 1 is 1.05 bits per heavy atom. The molecule has 2 aromatic rings. The standard InChI is InChI=1S/C19H25NO/c1-15(2)14-20-12-10-17(11-13-20)21-19-9-5-7-16-6-3-4-8-18(16)19/h3-9,15,17H,10-14H2,1-2H3. The van der Waals surface area contributed by atoms with Gasteiger partial charge in [-0.05, 0) is 30.2 Å². The van der Waals surface area contributed by atoms with Gasteiger partial charge in [0.05, 0.1) is 0 Å². The van der Waals surface area contributed by atoms with Gasteiger partial charge in [0, 0.05) is 25.0 Å². The van der Waals surface area contributed by atoms with Crippen molar-refractivity contribution in [3.8, 4) is 5.75 Å². The van der Waals surface area contributed by atoms with Crippen LogP contribution >= 0.6 is 0 Å². The highest BCUT2D eigenvalue weighted by atomic mass is 16.5. The fraction of sp³-hybridized carbons (Fsp3) is 0.474. The van der Waals surface area contributed by atoms with Crippen molar-refractivity contribution < 1.29 is 4.74 Å². The average Bonchev–Trinajstić information content (AvgIpc) is 2.49. The predicted octanol–water partition coefficient (Wildman–Crippen LogP) is 4.34. The van der Waals surface area contributed by atoms with Gasteiger partial charge >= 0.3 is 0 Å². The van der Waals surface area contributed by atoms with E-state index in [9.17, 15) is 0 Å². The van der Waals surface area contributed by atoms with Crippen LogP contribution in [0.3, 0.4) is 0 Å². The fourth-order valence-electron chi connectivity index (χ4n) is 3.20. The number of rotatable bonds is 4. The van der Waals surface area contributed by atoms with E-state index in [1.165, 1.54) is 17.3 Å². The van der Waals surface area contributed by atoms with E-state index in [1.54, 1.807) is 0 Å². The molecule has 21 heavy (non-hydrogen) atoms. The second kappa shape index (κ2) is 6.48. The number of benzene rings is 2.